The molecule has 0 aliphatic heterocycles. The summed E-state index contributed by atoms with van der Waals surface area (Å²) in [4.78, 5) is 4.26. The molecular weight excluding hydrogens is 178 g/mol. The van der Waals surface area contributed by atoms with Crippen molar-refractivity contribution < 1.29 is 4.74 Å². The van der Waals surface area contributed by atoms with E-state index in [0.717, 1.165) is 38.7 Å². The first-order valence-corrected chi connectivity index (χ1v) is 5.17. The predicted molar refractivity (Wildman–Crippen MR) is 56.1 cm³/mol. The van der Waals surface area contributed by atoms with Crippen LogP contribution in [-0.2, 0) is 17.8 Å². The van der Waals surface area contributed by atoms with E-state index in [1.165, 1.54) is 0 Å². The van der Waals surface area contributed by atoms with Crippen LogP contribution in [0.2, 0.25) is 0 Å². The van der Waals surface area contributed by atoms with Crippen molar-refractivity contribution in [3.63, 3.8) is 0 Å². The number of ether oxygens (including phenoxy) is 1. The number of imidazole rings is 1. The highest BCUT2D eigenvalue weighted by atomic mass is 16.5. The van der Waals surface area contributed by atoms with Crippen LogP contribution < -0.4 is 5.32 Å². The maximum Gasteiger partial charge on any atom is 0.122 e. The molecule has 1 heterocycles. The minimum atomic E-state index is 0.767. The molecule has 0 aliphatic rings. The minimum Gasteiger partial charge on any atom is -0.380 e. The van der Waals surface area contributed by atoms with Crippen molar-refractivity contribution >= 4 is 0 Å². The lowest BCUT2D eigenvalue weighted by atomic mass is 10.5. The van der Waals surface area contributed by atoms with Gasteiger partial charge in [0.2, 0.25) is 0 Å². The monoisotopic (exact) mass is 197 g/mol. The second kappa shape index (κ2) is 6.56. The Morgan fingerprint density at radius 1 is 1.50 bits per heavy atom. The molecule has 0 radical (unpaired) electrons. The molecule has 0 amide bonds. The third kappa shape index (κ3) is 3.47. The summed E-state index contributed by atoms with van der Waals surface area (Å²) >= 11 is 0. The summed E-state index contributed by atoms with van der Waals surface area (Å²) in [6.45, 7) is 8.34. The average molecular weight is 197 g/mol. The number of aryl methyl sites for hydroxylation is 1. The Hall–Kier alpha value is -0.870. The van der Waals surface area contributed by atoms with Crippen LogP contribution in [0.25, 0.3) is 0 Å². The van der Waals surface area contributed by atoms with Gasteiger partial charge < -0.3 is 14.6 Å². The van der Waals surface area contributed by atoms with E-state index in [1.54, 1.807) is 0 Å². The SMILES string of the molecule is CCOCCNCc1nccn1CC. The van der Waals surface area contributed by atoms with Gasteiger partial charge >= 0.3 is 0 Å². The number of hydrogen-bond acceptors (Lipinski definition) is 3. The topological polar surface area (TPSA) is 39.1 Å². The van der Waals surface area contributed by atoms with Crippen LogP contribution in [0.1, 0.15) is 19.7 Å². The Balaban J connectivity index is 2.17. The third-order valence-corrected chi connectivity index (χ3v) is 2.05. The lowest BCUT2D eigenvalue weighted by Gasteiger charge is -2.06. The van der Waals surface area contributed by atoms with Crippen LogP contribution in [0.15, 0.2) is 12.4 Å². The van der Waals surface area contributed by atoms with E-state index in [2.05, 4.69) is 21.8 Å². The van der Waals surface area contributed by atoms with Crippen LogP contribution in [0.4, 0.5) is 0 Å². The molecule has 0 aliphatic carbocycles. The summed E-state index contributed by atoms with van der Waals surface area (Å²) in [7, 11) is 0. The Morgan fingerprint density at radius 2 is 2.36 bits per heavy atom. The van der Waals surface area contributed by atoms with E-state index in [1.807, 2.05) is 19.3 Å². The van der Waals surface area contributed by atoms with E-state index >= 15 is 0 Å². The molecule has 4 nitrogen and oxygen atoms in total. The Labute approximate surface area is 85.3 Å². The average Bonchev–Trinajstić information content (AvgIpc) is 2.65. The summed E-state index contributed by atoms with van der Waals surface area (Å²) in [5.41, 5.74) is 0. The predicted octanol–water partition coefficient (Wildman–Crippen LogP) is 1.03. The lowest BCUT2D eigenvalue weighted by molar-refractivity contribution is 0.149. The van der Waals surface area contributed by atoms with Gasteiger partial charge in [0.15, 0.2) is 0 Å². The Morgan fingerprint density at radius 3 is 3.07 bits per heavy atom. The minimum absolute atomic E-state index is 0.767. The first kappa shape index (κ1) is 11.2. The maximum absolute atomic E-state index is 5.22. The molecule has 0 fully saturated rings. The van der Waals surface area contributed by atoms with Gasteiger partial charge in [0, 0.05) is 32.1 Å². The van der Waals surface area contributed by atoms with Crippen molar-refractivity contribution in [3.05, 3.63) is 18.2 Å². The standard InChI is InChI=1S/C10H19N3O/c1-3-13-7-5-12-10(13)9-11-6-8-14-4-2/h5,7,11H,3-4,6,8-9H2,1-2H3. The van der Waals surface area contributed by atoms with Crippen LogP contribution in [0.5, 0.6) is 0 Å². The van der Waals surface area contributed by atoms with E-state index < -0.39 is 0 Å². The highest BCUT2D eigenvalue weighted by Gasteiger charge is 1.98. The molecule has 1 N–H and O–H groups in total. The van der Waals surface area contributed by atoms with Gasteiger partial charge in [-0.2, -0.15) is 0 Å². The van der Waals surface area contributed by atoms with Gasteiger partial charge in [-0.3, -0.25) is 0 Å². The fourth-order valence-corrected chi connectivity index (χ4v) is 1.28. The zero-order valence-electron chi connectivity index (χ0n) is 8.99. The quantitative estimate of drug-likeness (QED) is 0.664. The fraction of sp³-hybridized carbons (Fsp3) is 0.700. The van der Waals surface area contributed by atoms with Crippen molar-refractivity contribution in [2.24, 2.45) is 0 Å². The van der Waals surface area contributed by atoms with Gasteiger partial charge in [-0.25, -0.2) is 4.98 Å². The number of hydrogen-bond donors (Lipinski definition) is 1. The molecule has 0 bridgehead atoms. The van der Waals surface area contributed by atoms with Gasteiger partial charge in [-0.15, -0.1) is 0 Å². The summed E-state index contributed by atoms with van der Waals surface area (Å²) < 4.78 is 7.35. The van der Waals surface area contributed by atoms with E-state index in [-0.39, 0.29) is 0 Å². The fourth-order valence-electron chi connectivity index (χ4n) is 1.28. The highest BCUT2D eigenvalue weighted by molar-refractivity contribution is 4.91. The zero-order valence-corrected chi connectivity index (χ0v) is 8.99. The van der Waals surface area contributed by atoms with Gasteiger partial charge in [0.25, 0.3) is 0 Å². The van der Waals surface area contributed by atoms with E-state index in [4.69, 9.17) is 4.74 Å². The first-order chi connectivity index (χ1) is 6.88. The van der Waals surface area contributed by atoms with Crippen LogP contribution >= 0.6 is 0 Å². The van der Waals surface area contributed by atoms with Gasteiger partial charge in [-0.1, -0.05) is 0 Å². The molecule has 1 aromatic heterocycles. The van der Waals surface area contributed by atoms with Crippen LogP contribution in [0, 0.1) is 0 Å². The van der Waals surface area contributed by atoms with E-state index in [9.17, 15) is 0 Å². The molecule has 0 spiro atoms. The van der Waals surface area contributed by atoms with Crippen molar-refractivity contribution in [2.75, 3.05) is 19.8 Å². The van der Waals surface area contributed by atoms with Crippen molar-refractivity contribution in [2.45, 2.75) is 26.9 Å². The summed E-state index contributed by atoms with van der Waals surface area (Å²) in [5, 5.41) is 3.29. The molecule has 0 unspecified atom stereocenters. The van der Waals surface area contributed by atoms with Crippen molar-refractivity contribution in [1.29, 1.82) is 0 Å². The molecular formula is C10H19N3O. The summed E-state index contributed by atoms with van der Waals surface area (Å²) in [5.74, 6) is 1.09. The summed E-state index contributed by atoms with van der Waals surface area (Å²) in [6, 6.07) is 0. The molecule has 0 aromatic carbocycles. The van der Waals surface area contributed by atoms with E-state index in [0.29, 0.717) is 0 Å². The summed E-state index contributed by atoms with van der Waals surface area (Å²) in [6.07, 6.45) is 3.84. The van der Waals surface area contributed by atoms with Crippen molar-refractivity contribution in [3.8, 4) is 0 Å². The number of rotatable bonds is 7. The maximum atomic E-state index is 5.22. The lowest BCUT2D eigenvalue weighted by Crippen LogP contribution is -2.21. The highest BCUT2D eigenvalue weighted by Crippen LogP contribution is 1.95. The molecule has 1 rings (SSSR count). The molecule has 80 valence electrons. The molecule has 1 aromatic rings. The second-order valence-corrected chi connectivity index (χ2v) is 3.00. The van der Waals surface area contributed by atoms with Gasteiger partial charge in [-0.05, 0) is 13.8 Å². The zero-order chi connectivity index (χ0) is 10.2. The molecule has 4 heteroatoms. The largest absolute Gasteiger partial charge is 0.380 e. The van der Waals surface area contributed by atoms with Gasteiger partial charge in [0.1, 0.15) is 5.82 Å². The van der Waals surface area contributed by atoms with Crippen LogP contribution in [0.3, 0.4) is 0 Å². The molecule has 0 saturated carbocycles. The normalized spacial score (nSPS) is 10.7. The van der Waals surface area contributed by atoms with Crippen molar-refractivity contribution in [1.82, 2.24) is 14.9 Å². The second-order valence-electron chi connectivity index (χ2n) is 3.00. The van der Waals surface area contributed by atoms with Gasteiger partial charge in [0.05, 0.1) is 13.2 Å². The smallest absolute Gasteiger partial charge is 0.122 e. The number of aromatic nitrogens is 2. The van der Waals surface area contributed by atoms with Crippen LogP contribution in [-0.4, -0.2) is 29.3 Å². The first-order valence-electron chi connectivity index (χ1n) is 5.17. The number of nitrogens with zero attached hydrogens (tertiary/aromatic N) is 2. The Kier molecular flexibility index (Phi) is 5.25. The number of nitrogens with one attached hydrogen (secondary N) is 1. The molecule has 0 saturated heterocycles. The third-order valence-electron chi connectivity index (χ3n) is 2.05. The molecule has 0 atom stereocenters. The molecule has 14 heavy (non-hydrogen) atoms. The Bertz CT molecular complexity index is 247.